The third-order valence-electron chi connectivity index (χ3n) is 3.78. The predicted octanol–water partition coefficient (Wildman–Crippen LogP) is 2.13. The van der Waals surface area contributed by atoms with E-state index in [1.165, 1.54) is 25.7 Å². The summed E-state index contributed by atoms with van der Waals surface area (Å²) in [6.07, 6.45) is 9.93. The van der Waals surface area contributed by atoms with Gasteiger partial charge < -0.3 is 10.4 Å². The Kier molecular flexibility index (Phi) is 6.23. The van der Waals surface area contributed by atoms with Gasteiger partial charge in [0, 0.05) is 30.9 Å². The number of pyridine rings is 1. The molecule has 1 fully saturated rings. The van der Waals surface area contributed by atoms with Crippen LogP contribution in [0.5, 0.6) is 0 Å². The lowest BCUT2D eigenvalue weighted by atomic mass is 10.0. The van der Waals surface area contributed by atoms with E-state index in [9.17, 15) is 4.79 Å². The first-order chi connectivity index (χ1) is 10.3. The molecule has 0 spiro atoms. The van der Waals surface area contributed by atoms with Crippen molar-refractivity contribution in [2.75, 3.05) is 13.2 Å². The van der Waals surface area contributed by atoms with Crippen LogP contribution in [-0.2, 0) is 0 Å². The molecule has 1 saturated carbocycles. The van der Waals surface area contributed by atoms with E-state index in [0.717, 1.165) is 18.9 Å². The molecule has 1 amide bonds. The summed E-state index contributed by atoms with van der Waals surface area (Å²) in [5, 5.41) is 11.6. The Morgan fingerprint density at radius 1 is 1.38 bits per heavy atom. The molecule has 1 aliphatic carbocycles. The zero-order chi connectivity index (χ0) is 14.9. The first-order valence-corrected chi connectivity index (χ1v) is 7.62. The summed E-state index contributed by atoms with van der Waals surface area (Å²) in [6, 6.07) is 1.74. The van der Waals surface area contributed by atoms with Crippen LogP contribution in [0.4, 0.5) is 0 Å². The van der Waals surface area contributed by atoms with Crippen LogP contribution in [0.2, 0.25) is 0 Å². The van der Waals surface area contributed by atoms with Crippen LogP contribution < -0.4 is 5.32 Å². The smallest absolute Gasteiger partial charge is 0.252 e. The van der Waals surface area contributed by atoms with Crippen molar-refractivity contribution < 1.29 is 9.90 Å². The first-order valence-electron chi connectivity index (χ1n) is 7.62. The number of carbonyl (C=O) groups is 1. The first kappa shape index (κ1) is 15.5. The zero-order valence-corrected chi connectivity index (χ0v) is 12.3. The molecular formula is C17H22N2O2. The number of hydrogen-bond acceptors (Lipinski definition) is 3. The van der Waals surface area contributed by atoms with Gasteiger partial charge in [-0.3, -0.25) is 9.78 Å². The van der Waals surface area contributed by atoms with Crippen molar-refractivity contribution in [3.05, 3.63) is 29.6 Å². The second-order valence-electron chi connectivity index (χ2n) is 5.43. The molecule has 1 aromatic heterocycles. The fraction of sp³-hybridized carbons (Fsp3) is 0.529. The molecule has 0 saturated heterocycles. The molecule has 0 radical (unpaired) electrons. The van der Waals surface area contributed by atoms with Gasteiger partial charge in [-0.15, -0.1) is 0 Å². The number of nitrogens with zero attached hydrogens (tertiary/aromatic N) is 1. The second kappa shape index (κ2) is 8.43. The minimum absolute atomic E-state index is 0.0434. The molecule has 112 valence electrons. The van der Waals surface area contributed by atoms with Gasteiger partial charge in [-0.05, 0) is 18.4 Å². The van der Waals surface area contributed by atoms with Crippen LogP contribution in [0.3, 0.4) is 0 Å². The van der Waals surface area contributed by atoms with Crippen LogP contribution in [0.25, 0.3) is 0 Å². The van der Waals surface area contributed by atoms with Gasteiger partial charge in [-0.1, -0.05) is 37.5 Å². The Morgan fingerprint density at radius 2 is 2.19 bits per heavy atom. The van der Waals surface area contributed by atoms with Crippen molar-refractivity contribution in [2.45, 2.75) is 38.5 Å². The maximum Gasteiger partial charge on any atom is 0.252 e. The summed E-state index contributed by atoms with van der Waals surface area (Å²) in [5.41, 5.74) is 1.24. The van der Waals surface area contributed by atoms with Crippen LogP contribution in [-0.4, -0.2) is 29.1 Å². The summed E-state index contributed by atoms with van der Waals surface area (Å²) in [4.78, 5) is 16.1. The molecular weight excluding hydrogens is 264 g/mol. The van der Waals surface area contributed by atoms with E-state index in [1.807, 2.05) is 0 Å². The van der Waals surface area contributed by atoms with Gasteiger partial charge in [0.1, 0.15) is 0 Å². The third kappa shape index (κ3) is 5.20. The predicted molar refractivity (Wildman–Crippen MR) is 81.7 cm³/mol. The van der Waals surface area contributed by atoms with Crippen molar-refractivity contribution in [1.29, 1.82) is 0 Å². The number of aromatic nitrogens is 1. The molecule has 0 aromatic carbocycles. The lowest BCUT2D eigenvalue weighted by Crippen LogP contribution is -2.25. The van der Waals surface area contributed by atoms with Gasteiger partial charge >= 0.3 is 0 Å². The molecule has 4 nitrogen and oxygen atoms in total. The number of aliphatic hydroxyl groups excluding tert-OH is 1. The highest BCUT2D eigenvalue weighted by molar-refractivity contribution is 5.94. The Balaban J connectivity index is 1.84. The number of aliphatic hydroxyl groups is 1. The van der Waals surface area contributed by atoms with Crippen LogP contribution in [0.15, 0.2) is 18.5 Å². The largest absolute Gasteiger partial charge is 0.395 e. The van der Waals surface area contributed by atoms with Gasteiger partial charge in [0.2, 0.25) is 0 Å². The highest BCUT2D eigenvalue weighted by Crippen LogP contribution is 2.26. The highest BCUT2D eigenvalue weighted by atomic mass is 16.2. The fourth-order valence-electron chi connectivity index (χ4n) is 2.64. The summed E-state index contributed by atoms with van der Waals surface area (Å²) >= 11 is 0. The number of nitrogens with one attached hydrogen (secondary N) is 1. The number of carbonyl (C=O) groups excluding carboxylic acids is 1. The minimum atomic E-state index is -0.0914. The van der Waals surface area contributed by atoms with Crippen molar-refractivity contribution in [3.63, 3.8) is 0 Å². The average molecular weight is 286 g/mol. The van der Waals surface area contributed by atoms with E-state index in [-0.39, 0.29) is 12.5 Å². The SMILES string of the molecule is O=C(NCCC1CCCC1)c1cncc(C#CCCO)c1. The van der Waals surface area contributed by atoms with Crippen molar-refractivity contribution in [1.82, 2.24) is 10.3 Å². The monoisotopic (exact) mass is 286 g/mol. The summed E-state index contributed by atoms with van der Waals surface area (Å²) in [7, 11) is 0. The van der Waals surface area contributed by atoms with E-state index in [1.54, 1.807) is 18.5 Å². The number of amides is 1. The molecule has 2 rings (SSSR count). The Labute approximate surface area is 126 Å². The standard InChI is InChI=1S/C17H22N2O2/c20-10-4-3-7-15-11-16(13-18-12-15)17(21)19-9-8-14-5-1-2-6-14/h11-14,20H,1-2,4-6,8-10H2,(H,19,21). The Hall–Kier alpha value is -1.86. The van der Waals surface area contributed by atoms with Crippen molar-refractivity contribution >= 4 is 5.91 Å². The van der Waals surface area contributed by atoms with Crippen LogP contribution >= 0.6 is 0 Å². The topological polar surface area (TPSA) is 62.2 Å². The highest BCUT2D eigenvalue weighted by Gasteiger charge is 2.15. The van der Waals surface area contributed by atoms with Gasteiger partial charge in [0.15, 0.2) is 0 Å². The lowest BCUT2D eigenvalue weighted by Gasteiger charge is -2.09. The van der Waals surface area contributed by atoms with E-state index in [4.69, 9.17) is 5.11 Å². The van der Waals surface area contributed by atoms with Gasteiger partial charge in [-0.2, -0.15) is 0 Å². The molecule has 0 aliphatic heterocycles. The summed E-state index contributed by atoms with van der Waals surface area (Å²) in [5.74, 6) is 6.40. The molecule has 0 atom stereocenters. The molecule has 4 heteroatoms. The van der Waals surface area contributed by atoms with Gasteiger partial charge in [0.05, 0.1) is 12.2 Å². The maximum absolute atomic E-state index is 12.1. The average Bonchev–Trinajstić information content (AvgIpc) is 3.01. The lowest BCUT2D eigenvalue weighted by molar-refractivity contribution is 0.0951. The zero-order valence-electron chi connectivity index (χ0n) is 12.3. The number of rotatable bonds is 5. The molecule has 1 heterocycles. The Morgan fingerprint density at radius 3 is 2.95 bits per heavy atom. The van der Waals surface area contributed by atoms with Crippen LogP contribution in [0.1, 0.15) is 54.4 Å². The molecule has 2 N–H and O–H groups in total. The molecule has 0 bridgehead atoms. The minimum Gasteiger partial charge on any atom is -0.395 e. The normalized spacial score (nSPS) is 14.5. The third-order valence-corrected chi connectivity index (χ3v) is 3.78. The van der Waals surface area contributed by atoms with E-state index >= 15 is 0 Å². The summed E-state index contributed by atoms with van der Waals surface area (Å²) in [6.45, 7) is 0.770. The maximum atomic E-state index is 12.1. The quantitative estimate of drug-likeness (QED) is 0.815. The molecule has 21 heavy (non-hydrogen) atoms. The van der Waals surface area contributed by atoms with E-state index in [0.29, 0.717) is 17.5 Å². The molecule has 1 aromatic rings. The van der Waals surface area contributed by atoms with E-state index in [2.05, 4.69) is 22.1 Å². The summed E-state index contributed by atoms with van der Waals surface area (Å²) < 4.78 is 0. The Bertz CT molecular complexity index is 525. The second-order valence-corrected chi connectivity index (χ2v) is 5.43. The van der Waals surface area contributed by atoms with Crippen molar-refractivity contribution in [2.24, 2.45) is 5.92 Å². The van der Waals surface area contributed by atoms with E-state index < -0.39 is 0 Å². The fourth-order valence-corrected chi connectivity index (χ4v) is 2.64. The number of hydrogen-bond donors (Lipinski definition) is 2. The molecule has 1 aliphatic rings. The van der Waals surface area contributed by atoms with Gasteiger partial charge in [-0.25, -0.2) is 0 Å². The molecule has 0 unspecified atom stereocenters. The van der Waals surface area contributed by atoms with Gasteiger partial charge in [0.25, 0.3) is 5.91 Å². The van der Waals surface area contributed by atoms with Crippen molar-refractivity contribution in [3.8, 4) is 11.8 Å². The van der Waals surface area contributed by atoms with Crippen LogP contribution in [0, 0.1) is 17.8 Å².